The number of nitrogens with zero attached hydrogens (tertiary/aromatic N) is 3. The molecule has 6 heterocycles. The first-order chi connectivity index (χ1) is 67.7. The number of Topliss-reactive ketones (excluding diaryl/α,β-unsaturated/α-hetero) is 2. The molecule has 30 nitrogen and oxygen atoms in total. The number of alkyl halides is 7. The summed E-state index contributed by atoms with van der Waals surface area (Å²) in [6.07, 6.45) is 7.84. The van der Waals surface area contributed by atoms with Gasteiger partial charge in [0.1, 0.15) is 54.3 Å². The molecule has 778 valence electrons. The number of nitrogens with one attached hydrogen (secondary N) is 3. The third-order valence-corrected chi connectivity index (χ3v) is 29.2. The zero-order valence-electron chi connectivity index (χ0n) is 81.1. The fourth-order valence-electron chi connectivity index (χ4n) is 17.9. The summed E-state index contributed by atoms with van der Waals surface area (Å²) in [5.41, 5.74) is 23.0. The molecule has 40 heteroatoms. The maximum Gasteiger partial charge on any atom is 0.345 e. The lowest BCUT2D eigenvalue weighted by atomic mass is 9.93. The van der Waals surface area contributed by atoms with E-state index in [0.717, 1.165) is 95.3 Å². The van der Waals surface area contributed by atoms with E-state index in [2.05, 4.69) is 16.0 Å². The number of fused-ring (bicyclic) bond motifs is 6. The van der Waals surface area contributed by atoms with Crippen LogP contribution in [0.5, 0.6) is 0 Å². The van der Waals surface area contributed by atoms with E-state index in [0.29, 0.717) is 91.8 Å². The molecule has 14 rings (SSSR count). The summed E-state index contributed by atoms with van der Waals surface area (Å²) in [7, 11) is 0. The molecule has 3 saturated heterocycles. The Hall–Kier alpha value is -12.1. The van der Waals surface area contributed by atoms with Crippen molar-refractivity contribution in [2.45, 2.75) is 251 Å². The number of aliphatic hydroxyl groups is 1. The average Bonchev–Trinajstić information content (AvgIpc) is 1.84. The van der Waals surface area contributed by atoms with Gasteiger partial charge in [0.15, 0.2) is 11.6 Å². The number of carboxylic acid groups (broad SMARTS) is 2. The maximum atomic E-state index is 14.1. The molecule has 6 fully saturated rings. The summed E-state index contributed by atoms with van der Waals surface area (Å²) in [6.45, 7) is 9.71. The molecule has 0 spiro atoms. The number of benzene rings is 5. The van der Waals surface area contributed by atoms with Gasteiger partial charge in [0.2, 0.25) is 53.2 Å². The minimum absolute atomic E-state index is 0. The van der Waals surface area contributed by atoms with Crippen LogP contribution < -0.4 is 38.9 Å². The zero-order chi connectivity index (χ0) is 105. The number of carbonyl (C=O) groups is 15. The number of esters is 2. The third-order valence-electron chi connectivity index (χ3n) is 25.8. The standard InChI is InChI=1S/C36H41F2N3O6S.C29H35F2N3O6S.C24H34N4O5.C11H8F2O2S.CH3F.CH4O.CH4/c1-3-4-10-22(17-28(42)30-18-23-15-25(36(2,37)38)11-13-29(23)48-30)34(45)41-19-24-16-26(24)32(41)33(44)40-27(12-14-31(39)43)35(46)47-20-21-8-6-5-7-9-21;1-3-4-5-15(12-21(35)23-13-16-10-18(29(2,30)31)6-8-22(16)41-23)27(38)34-14-17-11-19(17)25(34)26(37)33-20(28(39)40)7-9-24(32)36;1-2-3-9-18(25)23(31)28-13-16-12-17(16)21(28)22(30)27-19(10-11-20(26)29)24(32)33-14-15-7-5-4-6-8-15;1-11(12,13)7-2-3-8-6(4-7)5-9(16-8)10(14)15;2*1-2;/h5-9,11,13,15,18,22,24,26-27,32H,3-4,10,12,14,16-17,19-20H2,1-2H3,(H2,39,43)(H,40,44);6,8,10,13,15,17,19-20,25H,3-5,7,9,11-12,14H2,1-2H3,(H2,32,36)(H,33,37)(H,39,40);4-8,16-19,21H,2-3,9-14,25H2,1H3,(H2,26,29)(H,27,30);2-5H,1H3,(H,14,15);1H3;2H,1H3;1H4/t22-,24-,26-,27+,32+;15-,17-,19-,20+,25+;16-,17-,18+,19+,21+;;;;/m111..../s1/i;;;;1D;;. The van der Waals surface area contributed by atoms with Gasteiger partial charge in [-0.15, -0.1) is 34.0 Å². The number of amides is 9. The van der Waals surface area contributed by atoms with Crippen molar-refractivity contribution in [3.8, 4) is 0 Å². The van der Waals surface area contributed by atoms with Gasteiger partial charge in [-0.2, -0.15) is 0 Å². The average molecular weight is 2060 g/mol. The van der Waals surface area contributed by atoms with Crippen molar-refractivity contribution in [1.82, 2.24) is 30.7 Å². The van der Waals surface area contributed by atoms with Crippen LogP contribution in [-0.2, 0) is 98.0 Å². The lowest BCUT2D eigenvalue weighted by Crippen LogP contribution is -2.55. The fraction of sp³-hybridized carbons (Fsp3) is 0.505. The minimum Gasteiger partial charge on any atom is -0.480 e. The Morgan fingerprint density at radius 1 is 0.448 bits per heavy atom. The Morgan fingerprint density at radius 2 is 0.748 bits per heavy atom. The number of aromatic carboxylic acids is 1. The van der Waals surface area contributed by atoms with Crippen LogP contribution in [0.3, 0.4) is 0 Å². The number of aliphatic hydroxyl groups excluding tert-OH is 1. The van der Waals surface area contributed by atoms with Crippen LogP contribution in [-0.4, -0.2) is 195 Å². The van der Waals surface area contributed by atoms with E-state index in [4.69, 9.17) is 44.0 Å². The van der Waals surface area contributed by atoms with E-state index in [-0.39, 0.29) is 158 Å². The van der Waals surface area contributed by atoms with Crippen LogP contribution in [0.15, 0.2) is 133 Å². The van der Waals surface area contributed by atoms with E-state index < -0.39 is 138 Å². The number of aliphatic carboxylic acids is 1. The Morgan fingerprint density at radius 3 is 1.06 bits per heavy atom. The highest BCUT2D eigenvalue weighted by molar-refractivity contribution is 7.21. The summed E-state index contributed by atoms with van der Waals surface area (Å²) < 4.78 is 110. The van der Waals surface area contributed by atoms with Crippen molar-refractivity contribution in [1.29, 1.82) is 0 Å². The van der Waals surface area contributed by atoms with Gasteiger partial charge in [0, 0.05) is 122 Å². The molecule has 3 aromatic heterocycles. The number of likely N-dealkylation sites (tertiary alicyclic amines) is 3. The highest BCUT2D eigenvalue weighted by atomic mass is 32.1. The van der Waals surface area contributed by atoms with Gasteiger partial charge in [-0.1, -0.05) is 146 Å². The van der Waals surface area contributed by atoms with Gasteiger partial charge in [-0.3, -0.25) is 57.1 Å². The molecule has 6 aliphatic rings. The number of ether oxygens (including phenoxy) is 2. The van der Waals surface area contributed by atoms with E-state index in [1.54, 1.807) is 46.2 Å². The van der Waals surface area contributed by atoms with Gasteiger partial charge in [-0.25, -0.2) is 45.5 Å². The summed E-state index contributed by atoms with van der Waals surface area (Å²) in [5, 5.41) is 34.8. The predicted molar refractivity (Wildman–Crippen MR) is 527 cm³/mol. The van der Waals surface area contributed by atoms with E-state index in [1.165, 1.54) is 76.1 Å². The second-order valence-corrected chi connectivity index (χ2v) is 40.0. The summed E-state index contributed by atoms with van der Waals surface area (Å²) in [4.78, 5) is 195. The second-order valence-electron chi connectivity index (χ2n) is 36.8. The molecule has 9 amide bonds. The molecule has 0 radical (unpaired) electrons. The predicted octanol–water partition coefficient (Wildman–Crippen LogP) is 15.2. The number of hydrogen-bond donors (Lipinski definition) is 10. The first kappa shape index (κ1) is 114. The van der Waals surface area contributed by atoms with Crippen molar-refractivity contribution in [2.75, 3.05) is 33.9 Å². The van der Waals surface area contributed by atoms with Gasteiger partial charge < -0.3 is 78.4 Å². The molecule has 14 N–H and O–H groups in total. The van der Waals surface area contributed by atoms with Crippen molar-refractivity contribution in [2.24, 2.45) is 70.3 Å². The largest absolute Gasteiger partial charge is 0.480 e. The van der Waals surface area contributed by atoms with Crippen LogP contribution in [0, 0.1) is 47.3 Å². The molecule has 3 saturated carbocycles. The molecule has 143 heavy (non-hydrogen) atoms. The number of piperidine rings is 3. The van der Waals surface area contributed by atoms with Crippen molar-refractivity contribution < 1.29 is 129 Å². The molecule has 0 bridgehead atoms. The monoisotopic (exact) mass is 2060 g/mol. The van der Waals surface area contributed by atoms with Gasteiger partial charge in [0.05, 0.1) is 24.3 Å². The van der Waals surface area contributed by atoms with E-state index in [9.17, 15) is 108 Å². The lowest BCUT2D eigenvalue weighted by Gasteiger charge is -2.31. The fourth-order valence-corrected chi connectivity index (χ4v) is 20.7. The van der Waals surface area contributed by atoms with Crippen LogP contribution in [0.25, 0.3) is 30.3 Å². The van der Waals surface area contributed by atoms with Gasteiger partial charge >= 0.3 is 23.9 Å². The molecule has 0 unspecified atom stereocenters. The number of hydrogen-bond acceptors (Lipinski definition) is 22. The lowest BCUT2D eigenvalue weighted by molar-refractivity contribution is -0.151. The van der Waals surface area contributed by atoms with E-state index >= 15 is 0 Å². The van der Waals surface area contributed by atoms with Gasteiger partial charge in [0.25, 0.3) is 17.8 Å². The van der Waals surface area contributed by atoms with Gasteiger partial charge in [-0.05, 0) is 175 Å². The number of rotatable bonds is 44. The molecule has 3 aliphatic carbocycles. The second kappa shape index (κ2) is 52.9. The molecular weight excluding hydrogens is 1930 g/mol. The Bertz CT molecular complexity index is 5820. The number of primary amides is 3. The number of halogens is 7. The Kier molecular flexibility index (Phi) is 42.4. The number of unbranched alkanes of at least 4 members (excludes halogenated alkanes) is 3. The number of nitrogens with two attached hydrogens (primary N) is 4. The summed E-state index contributed by atoms with van der Waals surface area (Å²) in [6, 6.07) is 29.1. The molecule has 8 aromatic rings. The first-order valence-corrected chi connectivity index (χ1v) is 49.6. The minimum atomic E-state index is -3.01. The number of carboxylic acids is 2. The first-order valence-electron chi connectivity index (χ1n) is 47.9. The summed E-state index contributed by atoms with van der Waals surface area (Å²) in [5.74, 6) is -18.2. The number of ketones is 2. The maximum absolute atomic E-state index is 14.1. The normalized spacial score (nSPS) is 19.5. The molecular formula is C103H129F7N10O20S3. The number of thiophene rings is 3. The molecule has 3 aliphatic heterocycles. The highest BCUT2D eigenvalue weighted by Crippen LogP contribution is 2.53. The SMILES string of the molecule is C.CC(F)(F)c1ccc2sc(C(=O)O)cc2c1.CCCC[C@H](CC(=O)c1cc2cc(C(C)(F)F)ccc2s1)C(=O)N1C[C@H]2C[C@H]2[C@H]1C(=O)N[C@@H](CCC(N)=O)C(=O)O.CCCC[C@H](CC(=O)c1cc2cc(C(C)(F)F)ccc2s1)C(=O)N1C[C@H]2C[C@H]2[C@H]1C(=O)N[C@@H](CCC(N)=O)C(=O)OCc1ccccc1.CCCC[C@H](N)C(=O)N1C[C@H]2C[C@H]2[C@H]1C(=O)N[C@@H](CCC(N)=O)C(=O)OCc1ccccc1.CO.[2H]CF. The van der Waals surface area contributed by atoms with Crippen LogP contribution >= 0.6 is 34.0 Å². The third kappa shape index (κ3) is 32.4. The van der Waals surface area contributed by atoms with Crippen molar-refractivity contribution in [3.63, 3.8) is 0 Å². The molecule has 15 atom stereocenters. The smallest absolute Gasteiger partial charge is 0.345 e. The Balaban J connectivity index is 0.000000241. The molecule has 5 aromatic carbocycles. The van der Waals surface area contributed by atoms with E-state index in [1.807, 2.05) is 69.3 Å². The van der Waals surface area contributed by atoms with Crippen LogP contribution in [0.2, 0.25) is 0 Å². The van der Waals surface area contributed by atoms with Crippen molar-refractivity contribution in [3.05, 3.63) is 176 Å². The number of carbonyl (C=O) groups excluding carboxylic acids is 13. The topological polar surface area (TPSA) is 485 Å². The van der Waals surface area contributed by atoms with Crippen LogP contribution in [0.4, 0.5) is 30.7 Å². The quantitative estimate of drug-likeness (QED) is 0.00963. The Labute approximate surface area is 838 Å². The zero-order valence-corrected chi connectivity index (χ0v) is 82.5. The summed E-state index contributed by atoms with van der Waals surface area (Å²) >= 11 is 3.48. The highest BCUT2D eigenvalue weighted by Gasteiger charge is 2.60. The van der Waals surface area contributed by atoms with Crippen molar-refractivity contribution >= 4 is 153 Å². The van der Waals surface area contributed by atoms with Crippen LogP contribution in [0.1, 0.15) is 236 Å².